The summed E-state index contributed by atoms with van der Waals surface area (Å²) in [5.41, 5.74) is 2.97. The van der Waals surface area contributed by atoms with Crippen LogP contribution in [0.4, 0.5) is 0 Å². The Balaban J connectivity index is 1.67. The maximum absolute atomic E-state index is 12.8. The molecular weight excluding hydrogens is 316 g/mol. The molecule has 2 aromatic heterocycles. The van der Waals surface area contributed by atoms with Gasteiger partial charge in [-0.05, 0) is 38.1 Å². The molecule has 1 saturated heterocycles. The van der Waals surface area contributed by atoms with E-state index < -0.39 is 0 Å². The Labute approximate surface area is 145 Å². The van der Waals surface area contributed by atoms with Crippen LogP contribution in [0.5, 0.6) is 0 Å². The minimum absolute atomic E-state index is 0.0560. The second-order valence-corrected chi connectivity index (χ2v) is 6.42. The lowest BCUT2D eigenvalue weighted by molar-refractivity contribution is 0.0702. The molecule has 1 aliphatic rings. The molecule has 3 aromatic rings. The summed E-state index contributed by atoms with van der Waals surface area (Å²) in [4.78, 5) is 19.0. The zero-order chi connectivity index (χ0) is 17.4. The molecule has 4 rings (SSSR count). The summed E-state index contributed by atoms with van der Waals surface area (Å²) < 4.78 is 1.71. The zero-order valence-electron chi connectivity index (χ0n) is 14.3. The number of hydrogen-bond donors (Lipinski definition) is 1. The topological polar surface area (TPSA) is 75.9 Å². The van der Waals surface area contributed by atoms with Crippen molar-refractivity contribution in [3.63, 3.8) is 0 Å². The van der Waals surface area contributed by atoms with Crippen molar-refractivity contribution in [3.8, 4) is 5.69 Å². The van der Waals surface area contributed by atoms with Gasteiger partial charge in [-0.1, -0.05) is 11.3 Å². The number of nitrogens with one attached hydrogen (secondary N) is 1. The summed E-state index contributed by atoms with van der Waals surface area (Å²) in [6, 6.07) is 10.1. The third-order valence-corrected chi connectivity index (χ3v) is 4.58. The van der Waals surface area contributed by atoms with Gasteiger partial charge >= 0.3 is 0 Å². The van der Waals surface area contributed by atoms with Crippen molar-refractivity contribution in [1.29, 1.82) is 0 Å². The molecule has 1 aliphatic heterocycles. The number of nitrogens with zero attached hydrogens (tertiary/aromatic N) is 5. The lowest BCUT2D eigenvalue weighted by atomic mass is 10.2. The molecule has 0 bridgehead atoms. The van der Waals surface area contributed by atoms with E-state index in [0.717, 1.165) is 28.8 Å². The predicted molar refractivity (Wildman–Crippen MR) is 94.8 cm³/mol. The highest BCUT2D eigenvalue weighted by atomic mass is 16.2. The second-order valence-electron chi connectivity index (χ2n) is 6.42. The molecule has 0 aliphatic carbocycles. The van der Waals surface area contributed by atoms with Crippen LogP contribution in [0.2, 0.25) is 0 Å². The zero-order valence-corrected chi connectivity index (χ0v) is 14.3. The van der Waals surface area contributed by atoms with Crippen LogP contribution in [0.3, 0.4) is 0 Å². The summed E-state index contributed by atoms with van der Waals surface area (Å²) in [5.74, 6) is -0.0560. The Morgan fingerprint density at radius 2 is 2.20 bits per heavy atom. The Morgan fingerprint density at radius 3 is 3.04 bits per heavy atom. The number of amides is 1. The molecule has 1 N–H and O–H groups in total. The van der Waals surface area contributed by atoms with Crippen LogP contribution in [0.1, 0.15) is 23.1 Å². The number of piperazine rings is 1. The molecule has 1 fully saturated rings. The number of pyridine rings is 1. The smallest absolute Gasteiger partial charge is 0.276 e. The van der Waals surface area contributed by atoms with Crippen molar-refractivity contribution in [2.24, 2.45) is 0 Å². The Bertz CT molecular complexity index is 934. The predicted octanol–water partition coefficient (Wildman–Crippen LogP) is 1.56. The number of aromatic nitrogens is 4. The van der Waals surface area contributed by atoms with E-state index in [4.69, 9.17) is 0 Å². The van der Waals surface area contributed by atoms with E-state index in [0.29, 0.717) is 24.8 Å². The summed E-state index contributed by atoms with van der Waals surface area (Å²) in [6.07, 6.45) is 1.77. The maximum Gasteiger partial charge on any atom is 0.276 e. The average molecular weight is 336 g/mol. The van der Waals surface area contributed by atoms with Crippen molar-refractivity contribution in [3.05, 3.63) is 47.9 Å². The first-order valence-corrected chi connectivity index (χ1v) is 8.43. The standard InChI is InChI=1S/C18H20N6O/c1-12-11-23(9-8-19-12)18(25)17-13(2)24(22-21-17)15-5-6-16-14(10-15)4-3-7-20-16/h3-7,10,12,19H,8-9,11H2,1-2H3/t12-/m0/s1. The van der Waals surface area contributed by atoms with E-state index in [1.165, 1.54) is 0 Å². The number of carbonyl (C=O) groups excluding carboxylic acids is 1. The van der Waals surface area contributed by atoms with Crippen molar-refractivity contribution in [2.75, 3.05) is 19.6 Å². The van der Waals surface area contributed by atoms with Gasteiger partial charge in [0.1, 0.15) is 0 Å². The maximum atomic E-state index is 12.8. The molecular formula is C18H20N6O. The van der Waals surface area contributed by atoms with Crippen LogP contribution in [0, 0.1) is 6.92 Å². The third kappa shape index (κ3) is 2.87. The first-order valence-electron chi connectivity index (χ1n) is 8.43. The fourth-order valence-electron chi connectivity index (χ4n) is 3.23. The van der Waals surface area contributed by atoms with E-state index >= 15 is 0 Å². The molecule has 0 radical (unpaired) electrons. The van der Waals surface area contributed by atoms with Crippen molar-refractivity contribution < 1.29 is 4.79 Å². The van der Waals surface area contributed by atoms with Gasteiger partial charge in [-0.25, -0.2) is 4.68 Å². The molecule has 7 heteroatoms. The fraction of sp³-hybridized carbons (Fsp3) is 0.333. The average Bonchev–Trinajstić information content (AvgIpc) is 3.02. The Kier molecular flexibility index (Phi) is 3.93. The van der Waals surface area contributed by atoms with E-state index in [1.807, 2.05) is 42.2 Å². The largest absolute Gasteiger partial charge is 0.334 e. The monoisotopic (exact) mass is 336 g/mol. The highest BCUT2D eigenvalue weighted by Crippen LogP contribution is 2.19. The molecule has 7 nitrogen and oxygen atoms in total. The quantitative estimate of drug-likeness (QED) is 0.768. The van der Waals surface area contributed by atoms with Gasteiger partial charge in [0.25, 0.3) is 5.91 Å². The molecule has 1 amide bonds. The van der Waals surface area contributed by atoms with Gasteiger partial charge in [-0.2, -0.15) is 0 Å². The van der Waals surface area contributed by atoms with Crippen LogP contribution >= 0.6 is 0 Å². The number of carbonyl (C=O) groups is 1. The highest BCUT2D eigenvalue weighted by molar-refractivity contribution is 5.93. The van der Waals surface area contributed by atoms with E-state index in [-0.39, 0.29) is 5.91 Å². The van der Waals surface area contributed by atoms with Crippen LogP contribution in [0.25, 0.3) is 16.6 Å². The van der Waals surface area contributed by atoms with Crippen LogP contribution in [-0.2, 0) is 0 Å². The molecule has 0 spiro atoms. The van der Waals surface area contributed by atoms with Crippen LogP contribution in [-0.4, -0.2) is 56.5 Å². The first-order chi connectivity index (χ1) is 12.1. The number of hydrogen-bond acceptors (Lipinski definition) is 5. The molecule has 1 aromatic carbocycles. The first kappa shape index (κ1) is 15.7. The van der Waals surface area contributed by atoms with Gasteiger partial charge in [0.05, 0.1) is 16.9 Å². The normalized spacial score (nSPS) is 17.8. The fourth-order valence-corrected chi connectivity index (χ4v) is 3.23. The van der Waals surface area contributed by atoms with E-state index in [9.17, 15) is 4.79 Å². The van der Waals surface area contributed by atoms with Gasteiger partial charge in [-0.15, -0.1) is 5.10 Å². The SMILES string of the molecule is Cc1c(C(=O)N2CCN[C@@H](C)C2)nnn1-c1ccc2ncccc2c1. The summed E-state index contributed by atoms with van der Waals surface area (Å²) >= 11 is 0. The lowest BCUT2D eigenvalue weighted by Crippen LogP contribution is -2.51. The molecule has 0 unspecified atom stereocenters. The summed E-state index contributed by atoms with van der Waals surface area (Å²) in [6.45, 7) is 6.14. The van der Waals surface area contributed by atoms with Crippen LogP contribution < -0.4 is 5.32 Å². The minimum atomic E-state index is -0.0560. The molecule has 128 valence electrons. The lowest BCUT2D eigenvalue weighted by Gasteiger charge is -2.31. The van der Waals surface area contributed by atoms with E-state index in [2.05, 4.69) is 27.5 Å². The van der Waals surface area contributed by atoms with Crippen LogP contribution in [0.15, 0.2) is 36.5 Å². The Hall–Kier alpha value is -2.80. The molecule has 1 atom stereocenters. The van der Waals surface area contributed by atoms with Gasteiger partial charge in [0.15, 0.2) is 5.69 Å². The second kappa shape index (κ2) is 6.25. The van der Waals surface area contributed by atoms with Crippen molar-refractivity contribution in [2.45, 2.75) is 19.9 Å². The highest BCUT2D eigenvalue weighted by Gasteiger charge is 2.26. The summed E-state index contributed by atoms with van der Waals surface area (Å²) in [7, 11) is 0. The number of rotatable bonds is 2. The van der Waals surface area contributed by atoms with Crippen molar-refractivity contribution in [1.82, 2.24) is 30.2 Å². The third-order valence-electron chi connectivity index (χ3n) is 4.58. The van der Waals surface area contributed by atoms with Gasteiger partial charge in [0, 0.05) is 37.3 Å². The number of fused-ring (bicyclic) bond motifs is 1. The molecule has 3 heterocycles. The molecule has 25 heavy (non-hydrogen) atoms. The Morgan fingerprint density at radius 1 is 1.32 bits per heavy atom. The van der Waals surface area contributed by atoms with Gasteiger partial charge < -0.3 is 10.2 Å². The van der Waals surface area contributed by atoms with Gasteiger partial charge in [0.2, 0.25) is 0 Å². The summed E-state index contributed by atoms with van der Waals surface area (Å²) in [5, 5.41) is 12.7. The molecule has 0 saturated carbocycles. The number of benzene rings is 1. The van der Waals surface area contributed by atoms with Crippen molar-refractivity contribution >= 4 is 16.8 Å². The van der Waals surface area contributed by atoms with E-state index in [1.54, 1.807) is 10.9 Å². The van der Waals surface area contributed by atoms with Gasteiger partial charge in [-0.3, -0.25) is 9.78 Å². The minimum Gasteiger partial charge on any atom is -0.334 e.